The van der Waals surface area contributed by atoms with Crippen molar-refractivity contribution in [1.29, 1.82) is 0 Å². The van der Waals surface area contributed by atoms with Crippen LogP contribution in [0.15, 0.2) is 0 Å². The second-order valence-electron chi connectivity index (χ2n) is 4.55. The van der Waals surface area contributed by atoms with Gasteiger partial charge in [0, 0.05) is 27.1 Å². The van der Waals surface area contributed by atoms with Crippen molar-refractivity contribution >= 4 is 11.8 Å². The lowest BCUT2D eigenvalue weighted by Gasteiger charge is -2.35. The van der Waals surface area contributed by atoms with Gasteiger partial charge in [0.2, 0.25) is 11.8 Å². The molecule has 0 saturated carbocycles. The summed E-state index contributed by atoms with van der Waals surface area (Å²) >= 11 is 0. The second kappa shape index (κ2) is 5.30. The molecule has 1 aliphatic heterocycles. The van der Waals surface area contributed by atoms with Crippen molar-refractivity contribution < 1.29 is 14.7 Å². The molecule has 0 bridgehead atoms. The number of carbonyl (C=O) groups excluding carboxylic acids is 2. The Morgan fingerprint density at radius 2 is 2.12 bits per heavy atom. The van der Waals surface area contributed by atoms with Crippen molar-refractivity contribution in [2.24, 2.45) is 5.92 Å². The van der Waals surface area contributed by atoms with Crippen LogP contribution in [0.3, 0.4) is 0 Å². The van der Waals surface area contributed by atoms with Crippen LogP contribution in [-0.2, 0) is 9.59 Å². The molecule has 5 heteroatoms. The first-order valence-corrected chi connectivity index (χ1v) is 5.59. The Bertz CT molecular complexity index is 280. The third-order valence-corrected chi connectivity index (χ3v) is 3.12. The molecule has 2 amide bonds. The van der Waals surface area contributed by atoms with E-state index in [2.05, 4.69) is 0 Å². The van der Waals surface area contributed by atoms with Crippen molar-refractivity contribution in [2.45, 2.75) is 26.4 Å². The van der Waals surface area contributed by atoms with Crippen LogP contribution in [0.25, 0.3) is 0 Å². The highest BCUT2D eigenvalue weighted by Gasteiger charge is 2.27. The maximum atomic E-state index is 11.8. The van der Waals surface area contributed by atoms with Crippen molar-refractivity contribution in [3.8, 4) is 0 Å². The Morgan fingerprint density at radius 3 is 2.62 bits per heavy atom. The highest BCUT2D eigenvalue weighted by molar-refractivity contribution is 5.83. The number of aliphatic hydroxyl groups excluding tert-OH is 1. The van der Waals surface area contributed by atoms with E-state index in [1.165, 1.54) is 11.8 Å². The summed E-state index contributed by atoms with van der Waals surface area (Å²) in [5.41, 5.74) is 0. The molecule has 0 aliphatic carbocycles. The topological polar surface area (TPSA) is 60.9 Å². The van der Waals surface area contributed by atoms with Crippen LogP contribution < -0.4 is 0 Å². The molecule has 1 rings (SSSR count). The van der Waals surface area contributed by atoms with Crippen molar-refractivity contribution in [3.63, 3.8) is 0 Å². The van der Waals surface area contributed by atoms with Crippen molar-refractivity contribution in [2.75, 3.05) is 26.7 Å². The van der Waals surface area contributed by atoms with E-state index >= 15 is 0 Å². The summed E-state index contributed by atoms with van der Waals surface area (Å²) in [6.07, 6.45) is 0.311. The summed E-state index contributed by atoms with van der Waals surface area (Å²) in [5.74, 6) is -0.0461. The van der Waals surface area contributed by atoms with Crippen LogP contribution in [0.1, 0.15) is 20.3 Å². The van der Waals surface area contributed by atoms with Gasteiger partial charge >= 0.3 is 0 Å². The number of hydrogen-bond acceptors (Lipinski definition) is 3. The third kappa shape index (κ3) is 3.20. The number of aliphatic hydroxyl groups is 1. The molecule has 0 spiro atoms. The fourth-order valence-corrected chi connectivity index (χ4v) is 1.77. The lowest BCUT2D eigenvalue weighted by molar-refractivity contribution is -0.140. The largest absolute Gasteiger partial charge is 0.393 e. The number of likely N-dealkylation sites (tertiary alicyclic amines) is 1. The van der Waals surface area contributed by atoms with Crippen LogP contribution in [0.2, 0.25) is 0 Å². The van der Waals surface area contributed by atoms with Gasteiger partial charge in [-0.1, -0.05) is 6.92 Å². The molecular weight excluding hydrogens is 208 g/mol. The zero-order valence-corrected chi connectivity index (χ0v) is 10.1. The summed E-state index contributed by atoms with van der Waals surface area (Å²) in [5, 5.41) is 9.54. The van der Waals surface area contributed by atoms with Gasteiger partial charge < -0.3 is 14.9 Å². The lowest BCUT2D eigenvalue weighted by Crippen LogP contribution is -2.48. The van der Waals surface area contributed by atoms with E-state index in [9.17, 15) is 14.7 Å². The predicted molar refractivity (Wildman–Crippen MR) is 59.7 cm³/mol. The number of nitrogens with zero attached hydrogens (tertiary/aromatic N) is 2. The first kappa shape index (κ1) is 13.0. The lowest BCUT2D eigenvalue weighted by atomic mass is 9.97. The standard InChI is InChI=1S/C11H20N2O3/c1-8-6-13(5-4-10(8)15)11(16)7-12(3)9(2)14/h8,10,15H,4-7H2,1-3H3. The number of amides is 2. The molecule has 2 unspecified atom stereocenters. The van der Waals surface area contributed by atoms with E-state index in [1.54, 1.807) is 11.9 Å². The van der Waals surface area contributed by atoms with Gasteiger partial charge in [-0.2, -0.15) is 0 Å². The van der Waals surface area contributed by atoms with Gasteiger partial charge in [0.15, 0.2) is 0 Å². The minimum absolute atomic E-state index is 0.0450. The van der Waals surface area contributed by atoms with Crippen molar-refractivity contribution in [3.05, 3.63) is 0 Å². The number of rotatable bonds is 2. The van der Waals surface area contributed by atoms with E-state index in [4.69, 9.17) is 0 Å². The van der Waals surface area contributed by atoms with Gasteiger partial charge in [-0.15, -0.1) is 0 Å². The zero-order chi connectivity index (χ0) is 12.3. The Kier molecular flexibility index (Phi) is 4.29. The van der Waals surface area contributed by atoms with Gasteiger partial charge in [0.05, 0.1) is 12.6 Å². The second-order valence-corrected chi connectivity index (χ2v) is 4.55. The van der Waals surface area contributed by atoms with E-state index in [0.29, 0.717) is 19.5 Å². The molecular formula is C11H20N2O3. The monoisotopic (exact) mass is 228 g/mol. The van der Waals surface area contributed by atoms with E-state index in [-0.39, 0.29) is 30.4 Å². The molecule has 92 valence electrons. The Balaban J connectivity index is 2.46. The van der Waals surface area contributed by atoms with Crippen LogP contribution in [-0.4, -0.2) is 59.5 Å². The first-order chi connectivity index (χ1) is 7.41. The minimum Gasteiger partial charge on any atom is -0.393 e. The number of carbonyl (C=O) groups is 2. The van der Waals surface area contributed by atoms with E-state index in [1.807, 2.05) is 6.92 Å². The van der Waals surface area contributed by atoms with Gasteiger partial charge in [-0.3, -0.25) is 9.59 Å². The van der Waals surface area contributed by atoms with E-state index < -0.39 is 0 Å². The molecule has 16 heavy (non-hydrogen) atoms. The average molecular weight is 228 g/mol. The van der Waals surface area contributed by atoms with Crippen LogP contribution in [0, 0.1) is 5.92 Å². The SMILES string of the molecule is CC(=O)N(C)CC(=O)N1CCC(O)C(C)C1. The molecule has 5 nitrogen and oxygen atoms in total. The molecule has 0 radical (unpaired) electrons. The highest BCUT2D eigenvalue weighted by Crippen LogP contribution is 2.16. The van der Waals surface area contributed by atoms with Gasteiger partial charge in [0.25, 0.3) is 0 Å². The molecule has 1 fully saturated rings. The van der Waals surface area contributed by atoms with Crippen molar-refractivity contribution in [1.82, 2.24) is 9.80 Å². The molecule has 0 aromatic carbocycles. The van der Waals surface area contributed by atoms with E-state index in [0.717, 1.165) is 0 Å². The summed E-state index contributed by atoms with van der Waals surface area (Å²) in [4.78, 5) is 25.9. The highest BCUT2D eigenvalue weighted by atomic mass is 16.3. The zero-order valence-electron chi connectivity index (χ0n) is 10.1. The third-order valence-electron chi connectivity index (χ3n) is 3.12. The summed E-state index contributed by atoms with van der Waals surface area (Å²) in [7, 11) is 1.61. The summed E-state index contributed by atoms with van der Waals surface area (Å²) in [6, 6.07) is 0. The van der Waals surface area contributed by atoms with Gasteiger partial charge in [-0.05, 0) is 12.3 Å². The minimum atomic E-state index is -0.311. The summed E-state index contributed by atoms with van der Waals surface area (Å²) in [6.45, 7) is 4.65. The summed E-state index contributed by atoms with van der Waals surface area (Å²) < 4.78 is 0. The van der Waals surface area contributed by atoms with Gasteiger partial charge in [0.1, 0.15) is 0 Å². The molecule has 1 aliphatic rings. The Morgan fingerprint density at radius 1 is 1.50 bits per heavy atom. The molecule has 1 heterocycles. The number of likely N-dealkylation sites (N-methyl/N-ethyl adjacent to an activating group) is 1. The molecule has 0 aromatic rings. The average Bonchev–Trinajstić information content (AvgIpc) is 2.21. The fraction of sp³-hybridized carbons (Fsp3) is 0.818. The maximum absolute atomic E-state index is 11.8. The van der Waals surface area contributed by atoms with Gasteiger partial charge in [-0.25, -0.2) is 0 Å². The smallest absolute Gasteiger partial charge is 0.242 e. The molecule has 1 saturated heterocycles. The Labute approximate surface area is 96.0 Å². The molecule has 0 aromatic heterocycles. The maximum Gasteiger partial charge on any atom is 0.242 e. The van der Waals surface area contributed by atoms with Crippen LogP contribution >= 0.6 is 0 Å². The number of piperidine rings is 1. The van der Waals surface area contributed by atoms with Crippen LogP contribution in [0.5, 0.6) is 0 Å². The quantitative estimate of drug-likeness (QED) is 0.705. The fourth-order valence-electron chi connectivity index (χ4n) is 1.77. The molecule has 1 N–H and O–H groups in total. The normalized spacial score (nSPS) is 25.4. The first-order valence-electron chi connectivity index (χ1n) is 5.59. The Hall–Kier alpha value is -1.10. The predicted octanol–water partition coefficient (Wildman–Crippen LogP) is -0.306. The van der Waals surface area contributed by atoms with Crippen LogP contribution in [0.4, 0.5) is 0 Å². The number of hydrogen-bond donors (Lipinski definition) is 1. The molecule has 2 atom stereocenters.